The summed E-state index contributed by atoms with van der Waals surface area (Å²) in [6.45, 7) is 8.64. The van der Waals surface area contributed by atoms with E-state index >= 15 is 0 Å². The Bertz CT molecular complexity index is 1650. The zero-order valence-corrected chi connectivity index (χ0v) is 33.4. The lowest BCUT2D eigenvalue weighted by Crippen LogP contribution is -2.71. The summed E-state index contributed by atoms with van der Waals surface area (Å²) in [6.07, 6.45) is 10.3. The van der Waals surface area contributed by atoms with Crippen LogP contribution in [-0.2, 0) is 19.2 Å². The van der Waals surface area contributed by atoms with E-state index in [0.29, 0.717) is 37.0 Å². The third-order valence-corrected chi connectivity index (χ3v) is 16.1. The SMILES string of the molecule is C#CCC(NC(=O)CCCN=[N+]=[N-])NC(=O)C1=C(C)CSC2C(NC(=O)CC[C@@H](C)[C@H]3CC[C@H]4[C@@H]5[C@H](O)C[C@@H]6C[C@H](O)CC[C@]6(C)[C@H]5C[C@H](O)[C@]34C)C(=O)N12. The first-order valence-corrected chi connectivity index (χ1v) is 21.2. The smallest absolute Gasteiger partial charge is 0.269 e. The second kappa shape index (κ2) is 16.7. The molecule has 4 saturated carbocycles. The van der Waals surface area contributed by atoms with Crippen molar-refractivity contribution < 1.29 is 34.5 Å². The zero-order valence-electron chi connectivity index (χ0n) is 32.6. The maximum Gasteiger partial charge on any atom is 0.269 e. The summed E-state index contributed by atoms with van der Waals surface area (Å²) in [4.78, 5) is 56.9. The summed E-state index contributed by atoms with van der Waals surface area (Å²) >= 11 is 1.48. The van der Waals surface area contributed by atoms with Crippen LogP contribution in [0.2, 0.25) is 0 Å². The molecular formula is C40H59N7O7S. The molecule has 0 radical (unpaired) electrons. The number of aliphatic hydroxyl groups is 3. The summed E-state index contributed by atoms with van der Waals surface area (Å²) in [5.74, 6) is 2.55. The molecule has 6 rings (SSSR count). The minimum absolute atomic E-state index is 0.00962. The van der Waals surface area contributed by atoms with E-state index in [-0.39, 0.29) is 102 Å². The highest BCUT2D eigenvalue weighted by Gasteiger charge is 2.65. The van der Waals surface area contributed by atoms with Gasteiger partial charge in [0.1, 0.15) is 23.3 Å². The number of terminal acetylenes is 1. The van der Waals surface area contributed by atoms with Crippen molar-refractivity contribution in [3.8, 4) is 12.3 Å². The molecule has 5 fully saturated rings. The summed E-state index contributed by atoms with van der Waals surface area (Å²) in [5, 5.41) is 45.3. The molecule has 15 heteroatoms. The molecule has 0 aromatic rings. The highest BCUT2D eigenvalue weighted by atomic mass is 32.2. The number of azide groups is 1. The van der Waals surface area contributed by atoms with Gasteiger partial charge in [0, 0.05) is 36.5 Å². The number of rotatable bonds is 13. The fourth-order valence-electron chi connectivity index (χ4n) is 11.8. The fourth-order valence-corrected chi connectivity index (χ4v) is 13.1. The molecule has 6 N–H and O–H groups in total. The number of fused-ring (bicyclic) bond motifs is 6. The Labute approximate surface area is 328 Å². The zero-order chi connectivity index (χ0) is 39.8. The minimum atomic E-state index is -0.865. The van der Waals surface area contributed by atoms with E-state index in [4.69, 9.17) is 12.0 Å². The summed E-state index contributed by atoms with van der Waals surface area (Å²) in [5.41, 5.74) is 8.95. The van der Waals surface area contributed by atoms with Crippen LogP contribution < -0.4 is 16.0 Å². The number of hydrogen-bond donors (Lipinski definition) is 6. The Balaban J connectivity index is 1.03. The standard InChI is InChI=1S/C40H59N7O7S/c1-6-8-30(43-31(51)9-7-16-42-46-41)44-36(53)35-22(3)20-55-38-34(37(54)47(35)38)45-32(52)13-10-21(2)25-11-12-26-33-27(19-29(50)40(25,26)5)39(4)15-14-24(48)17-23(39)18-28(33)49/h1,21,23-30,33-34,38,48-50H,7-20H2,2-5H3,(H,43,51)(H,44,53)(H,45,52)/t21-,23+,24-,25-,26+,27+,28-,29+,30?,33+,34?,38?,39+,40-/m1/s1. The summed E-state index contributed by atoms with van der Waals surface area (Å²) in [6, 6.07) is -0.773. The van der Waals surface area contributed by atoms with Crippen LogP contribution >= 0.6 is 11.8 Å². The number of nitrogens with one attached hydrogen (secondary N) is 3. The van der Waals surface area contributed by atoms with Crippen LogP contribution in [0.5, 0.6) is 0 Å². The molecule has 14 atom stereocenters. The van der Waals surface area contributed by atoms with Crippen LogP contribution in [0.15, 0.2) is 16.4 Å². The largest absolute Gasteiger partial charge is 0.393 e. The lowest BCUT2D eigenvalue weighted by atomic mass is 9.43. The molecule has 0 bridgehead atoms. The number of amides is 4. The second-order valence-electron chi connectivity index (χ2n) is 17.7. The van der Waals surface area contributed by atoms with Gasteiger partial charge >= 0.3 is 0 Å². The molecule has 4 amide bonds. The normalized spacial score (nSPS) is 38.7. The molecule has 6 aliphatic rings. The molecule has 0 aromatic carbocycles. The van der Waals surface area contributed by atoms with Gasteiger partial charge < -0.3 is 31.3 Å². The first-order valence-electron chi connectivity index (χ1n) is 20.2. The Morgan fingerprint density at radius 2 is 1.85 bits per heavy atom. The quantitative estimate of drug-likeness (QED) is 0.0307. The number of carbonyl (C=O) groups is 4. The van der Waals surface area contributed by atoms with Crippen LogP contribution in [0.25, 0.3) is 10.4 Å². The van der Waals surface area contributed by atoms with Crippen LogP contribution in [0.3, 0.4) is 0 Å². The van der Waals surface area contributed by atoms with Crippen molar-refractivity contribution in [1.82, 2.24) is 20.9 Å². The minimum Gasteiger partial charge on any atom is -0.393 e. The van der Waals surface area contributed by atoms with Crippen LogP contribution in [0.4, 0.5) is 0 Å². The third-order valence-electron chi connectivity index (χ3n) is 14.7. The molecule has 302 valence electrons. The van der Waals surface area contributed by atoms with Gasteiger partial charge in [-0.15, -0.1) is 24.1 Å². The molecular weight excluding hydrogens is 723 g/mol. The van der Waals surface area contributed by atoms with Crippen molar-refractivity contribution in [1.29, 1.82) is 0 Å². The molecule has 0 spiro atoms. The van der Waals surface area contributed by atoms with E-state index < -0.39 is 35.7 Å². The average Bonchev–Trinajstić information content (AvgIpc) is 3.50. The van der Waals surface area contributed by atoms with Gasteiger partial charge in [-0.05, 0) is 122 Å². The number of β-lactam (4-membered cyclic amide) rings is 1. The fraction of sp³-hybridized carbons (Fsp3) is 0.800. The van der Waals surface area contributed by atoms with Crippen LogP contribution in [0, 0.1) is 58.7 Å². The van der Waals surface area contributed by atoms with Gasteiger partial charge in [-0.3, -0.25) is 24.1 Å². The predicted molar refractivity (Wildman–Crippen MR) is 207 cm³/mol. The monoisotopic (exact) mass is 781 g/mol. The predicted octanol–water partition coefficient (Wildman–Crippen LogP) is 3.71. The van der Waals surface area contributed by atoms with Crippen molar-refractivity contribution in [2.45, 2.75) is 141 Å². The number of thioether (sulfide) groups is 1. The van der Waals surface area contributed by atoms with Crippen LogP contribution in [0.1, 0.15) is 105 Å². The highest BCUT2D eigenvalue weighted by molar-refractivity contribution is 8.00. The maximum absolute atomic E-state index is 13.5. The topological polar surface area (TPSA) is 217 Å². The van der Waals surface area contributed by atoms with Gasteiger partial charge in [-0.25, -0.2) is 0 Å². The maximum atomic E-state index is 13.5. The Kier molecular flexibility index (Phi) is 12.5. The number of carbonyl (C=O) groups excluding carboxylic acids is 4. The lowest BCUT2D eigenvalue weighted by molar-refractivity contribution is -0.207. The van der Waals surface area contributed by atoms with E-state index in [9.17, 15) is 34.5 Å². The summed E-state index contributed by atoms with van der Waals surface area (Å²) in [7, 11) is 0. The van der Waals surface area contributed by atoms with Gasteiger partial charge in [0.2, 0.25) is 11.8 Å². The summed E-state index contributed by atoms with van der Waals surface area (Å²) < 4.78 is 0. The Morgan fingerprint density at radius 3 is 2.58 bits per heavy atom. The van der Waals surface area contributed by atoms with E-state index in [2.05, 4.69) is 52.7 Å². The number of hydrogen-bond acceptors (Lipinski definition) is 9. The lowest BCUT2D eigenvalue weighted by Gasteiger charge is -2.63. The van der Waals surface area contributed by atoms with E-state index in [1.165, 1.54) is 16.7 Å². The first kappa shape index (κ1) is 41.4. The third kappa shape index (κ3) is 7.74. The van der Waals surface area contributed by atoms with E-state index in [1.54, 1.807) is 6.92 Å². The van der Waals surface area contributed by atoms with Gasteiger partial charge in [-0.1, -0.05) is 25.9 Å². The van der Waals surface area contributed by atoms with Crippen molar-refractivity contribution in [2.24, 2.45) is 51.5 Å². The number of aliphatic hydroxyl groups excluding tert-OH is 3. The first-order chi connectivity index (χ1) is 26.1. The molecule has 4 aliphatic carbocycles. The Hall–Kier alpha value is -3.28. The van der Waals surface area contributed by atoms with Gasteiger partial charge in [0.25, 0.3) is 11.8 Å². The van der Waals surface area contributed by atoms with E-state index in [0.717, 1.165) is 32.1 Å². The molecule has 2 aliphatic heterocycles. The number of nitrogens with zero attached hydrogens (tertiary/aromatic N) is 4. The Morgan fingerprint density at radius 1 is 1.09 bits per heavy atom. The molecule has 3 unspecified atom stereocenters. The average molecular weight is 782 g/mol. The van der Waals surface area contributed by atoms with Crippen molar-refractivity contribution in [3.05, 3.63) is 21.7 Å². The van der Waals surface area contributed by atoms with E-state index in [1.807, 2.05) is 0 Å². The molecule has 0 aromatic heterocycles. The van der Waals surface area contributed by atoms with Crippen molar-refractivity contribution in [2.75, 3.05) is 12.3 Å². The molecule has 1 saturated heterocycles. The molecule has 2 heterocycles. The van der Waals surface area contributed by atoms with Gasteiger partial charge in [-0.2, -0.15) is 0 Å². The van der Waals surface area contributed by atoms with Gasteiger partial charge in [0.15, 0.2) is 0 Å². The van der Waals surface area contributed by atoms with Crippen molar-refractivity contribution in [3.63, 3.8) is 0 Å². The second-order valence-corrected chi connectivity index (χ2v) is 18.8. The van der Waals surface area contributed by atoms with Crippen molar-refractivity contribution >= 4 is 35.4 Å². The van der Waals surface area contributed by atoms with Crippen LogP contribution in [-0.4, -0.2) is 92.0 Å². The highest BCUT2D eigenvalue weighted by Crippen LogP contribution is 2.68. The molecule has 55 heavy (non-hydrogen) atoms. The molecule has 14 nitrogen and oxygen atoms in total. The van der Waals surface area contributed by atoms with Gasteiger partial charge in [0.05, 0.1) is 18.3 Å².